The fourth-order valence-electron chi connectivity index (χ4n) is 5.73. The van der Waals surface area contributed by atoms with Crippen LogP contribution >= 0.6 is 0 Å². The molecule has 0 aromatic rings. The SMILES string of the molecule is CC(C)CNCC1CCC(C)CC1CC1CC2CCC1C2. The molecule has 0 spiro atoms. The first-order valence-corrected chi connectivity index (χ1v) is 9.82. The fraction of sp³-hybridized carbons (Fsp3) is 1.00. The molecule has 1 N–H and O–H groups in total. The van der Waals surface area contributed by atoms with Crippen molar-refractivity contribution in [3.05, 3.63) is 0 Å². The van der Waals surface area contributed by atoms with Crippen LogP contribution in [-0.4, -0.2) is 13.1 Å². The van der Waals surface area contributed by atoms with Crippen LogP contribution in [0.5, 0.6) is 0 Å². The number of hydrogen-bond donors (Lipinski definition) is 1. The molecule has 0 saturated heterocycles. The van der Waals surface area contributed by atoms with Crippen molar-refractivity contribution in [2.75, 3.05) is 13.1 Å². The molecule has 1 heteroatoms. The molecule has 0 aromatic carbocycles. The molecule has 2 bridgehead atoms. The molecule has 3 saturated carbocycles. The minimum absolute atomic E-state index is 0.788. The summed E-state index contributed by atoms with van der Waals surface area (Å²) >= 11 is 0. The minimum atomic E-state index is 0.788. The van der Waals surface area contributed by atoms with Crippen LogP contribution in [-0.2, 0) is 0 Å². The third-order valence-corrected chi connectivity index (χ3v) is 6.85. The van der Waals surface area contributed by atoms with E-state index in [1.54, 1.807) is 32.1 Å². The first kappa shape index (κ1) is 15.8. The van der Waals surface area contributed by atoms with Gasteiger partial charge in [0.05, 0.1) is 0 Å². The highest BCUT2D eigenvalue weighted by molar-refractivity contribution is 4.92. The molecule has 0 heterocycles. The van der Waals surface area contributed by atoms with Crippen LogP contribution in [0.4, 0.5) is 0 Å². The van der Waals surface area contributed by atoms with Crippen LogP contribution in [0.2, 0.25) is 0 Å². The van der Waals surface area contributed by atoms with Crippen molar-refractivity contribution in [2.24, 2.45) is 41.4 Å². The summed E-state index contributed by atoms with van der Waals surface area (Å²) in [7, 11) is 0. The quantitative estimate of drug-likeness (QED) is 0.717. The van der Waals surface area contributed by atoms with E-state index in [1.807, 2.05) is 0 Å². The topological polar surface area (TPSA) is 12.0 Å². The third kappa shape index (κ3) is 4.03. The highest BCUT2D eigenvalue weighted by atomic mass is 14.9. The fourth-order valence-corrected chi connectivity index (χ4v) is 5.73. The Kier molecular flexibility index (Phi) is 5.30. The van der Waals surface area contributed by atoms with E-state index < -0.39 is 0 Å². The van der Waals surface area contributed by atoms with Gasteiger partial charge in [-0.25, -0.2) is 0 Å². The molecule has 0 amide bonds. The summed E-state index contributed by atoms with van der Waals surface area (Å²) in [5, 5.41) is 3.76. The predicted molar refractivity (Wildman–Crippen MR) is 91.3 cm³/mol. The van der Waals surface area contributed by atoms with Gasteiger partial charge in [-0.05, 0) is 93.0 Å². The first-order chi connectivity index (χ1) is 10.1. The molecule has 3 rings (SSSR count). The summed E-state index contributed by atoms with van der Waals surface area (Å²) in [6.07, 6.45) is 12.3. The van der Waals surface area contributed by atoms with Crippen molar-refractivity contribution in [2.45, 2.75) is 72.1 Å². The van der Waals surface area contributed by atoms with Gasteiger partial charge in [-0.3, -0.25) is 0 Å². The standard InChI is InChI=1S/C20H37N/c1-14(2)12-21-13-18-6-4-15(3)8-19(18)11-20-10-16-5-7-17(20)9-16/h14-21H,4-13H2,1-3H3. The van der Waals surface area contributed by atoms with Crippen LogP contribution in [0.15, 0.2) is 0 Å². The van der Waals surface area contributed by atoms with E-state index in [4.69, 9.17) is 0 Å². The van der Waals surface area contributed by atoms with Gasteiger partial charge >= 0.3 is 0 Å². The molecular formula is C20H37N. The Morgan fingerprint density at radius 1 is 0.905 bits per heavy atom. The normalized spacial score (nSPS) is 42.9. The zero-order chi connectivity index (χ0) is 14.8. The van der Waals surface area contributed by atoms with Gasteiger partial charge in [-0.2, -0.15) is 0 Å². The maximum atomic E-state index is 3.76. The van der Waals surface area contributed by atoms with E-state index in [9.17, 15) is 0 Å². The summed E-state index contributed by atoms with van der Waals surface area (Å²) < 4.78 is 0. The maximum Gasteiger partial charge on any atom is -0.00178 e. The largest absolute Gasteiger partial charge is 0.316 e. The number of nitrogens with one attached hydrogen (secondary N) is 1. The van der Waals surface area contributed by atoms with Crippen molar-refractivity contribution in [3.8, 4) is 0 Å². The van der Waals surface area contributed by atoms with E-state index in [2.05, 4.69) is 26.1 Å². The smallest absolute Gasteiger partial charge is 0.00178 e. The molecule has 122 valence electrons. The van der Waals surface area contributed by atoms with Gasteiger partial charge in [0.1, 0.15) is 0 Å². The summed E-state index contributed by atoms with van der Waals surface area (Å²) in [5.41, 5.74) is 0. The molecule has 21 heavy (non-hydrogen) atoms. The number of fused-ring (bicyclic) bond motifs is 2. The van der Waals surface area contributed by atoms with Crippen LogP contribution in [0.3, 0.4) is 0 Å². The average Bonchev–Trinajstić information content (AvgIpc) is 3.03. The van der Waals surface area contributed by atoms with Gasteiger partial charge in [0, 0.05) is 0 Å². The number of rotatable bonds is 6. The molecule has 0 aliphatic heterocycles. The van der Waals surface area contributed by atoms with Crippen LogP contribution in [0.25, 0.3) is 0 Å². The lowest BCUT2D eigenvalue weighted by molar-refractivity contribution is 0.136. The van der Waals surface area contributed by atoms with Crippen molar-refractivity contribution in [3.63, 3.8) is 0 Å². The highest BCUT2D eigenvalue weighted by Crippen LogP contribution is 2.52. The summed E-state index contributed by atoms with van der Waals surface area (Å²) in [4.78, 5) is 0. The van der Waals surface area contributed by atoms with Gasteiger partial charge in [-0.1, -0.05) is 33.6 Å². The van der Waals surface area contributed by atoms with Crippen molar-refractivity contribution in [1.82, 2.24) is 5.32 Å². The Morgan fingerprint density at radius 3 is 2.43 bits per heavy atom. The van der Waals surface area contributed by atoms with Gasteiger partial charge < -0.3 is 5.32 Å². The van der Waals surface area contributed by atoms with E-state index >= 15 is 0 Å². The molecule has 0 aromatic heterocycles. The molecule has 3 fully saturated rings. The van der Waals surface area contributed by atoms with Crippen LogP contribution in [0.1, 0.15) is 72.1 Å². The number of hydrogen-bond acceptors (Lipinski definition) is 1. The van der Waals surface area contributed by atoms with Gasteiger partial charge in [0.25, 0.3) is 0 Å². The average molecular weight is 292 g/mol. The van der Waals surface area contributed by atoms with Gasteiger partial charge in [-0.15, -0.1) is 0 Å². The predicted octanol–water partition coefficient (Wildman–Crippen LogP) is 5.11. The van der Waals surface area contributed by atoms with E-state index in [0.717, 1.165) is 41.4 Å². The maximum absolute atomic E-state index is 3.76. The second-order valence-corrected chi connectivity index (χ2v) is 9.16. The molecule has 3 aliphatic rings. The second-order valence-electron chi connectivity index (χ2n) is 9.16. The molecule has 3 aliphatic carbocycles. The Morgan fingerprint density at radius 2 is 1.76 bits per heavy atom. The first-order valence-electron chi connectivity index (χ1n) is 9.82. The minimum Gasteiger partial charge on any atom is -0.316 e. The molecule has 1 nitrogen and oxygen atoms in total. The second kappa shape index (κ2) is 7.02. The Balaban J connectivity index is 1.51. The van der Waals surface area contributed by atoms with E-state index in [-0.39, 0.29) is 0 Å². The Labute approximate surface area is 132 Å². The summed E-state index contributed by atoms with van der Waals surface area (Å²) in [5.74, 6) is 7.12. The zero-order valence-corrected chi connectivity index (χ0v) is 14.6. The summed E-state index contributed by atoms with van der Waals surface area (Å²) in [6.45, 7) is 9.63. The van der Waals surface area contributed by atoms with Gasteiger partial charge in [0.15, 0.2) is 0 Å². The zero-order valence-electron chi connectivity index (χ0n) is 14.6. The summed E-state index contributed by atoms with van der Waals surface area (Å²) in [6, 6.07) is 0. The molecule has 6 unspecified atom stereocenters. The molecular weight excluding hydrogens is 254 g/mol. The van der Waals surface area contributed by atoms with Crippen molar-refractivity contribution in [1.29, 1.82) is 0 Å². The lowest BCUT2D eigenvalue weighted by Crippen LogP contribution is -2.35. The van der Waals surface area contributed by atoms with Crippen LogP contribution < -0.4 is 5.32 Å². The third-order valence-electron chi connectivity index (χ3n) is 6.85. The van der Waals surface area contributed by atoms with Gasteiger partial charge in [0.2, 0.25) is 0 Å². The lowest BCUT2D eigenvalue weighted by atomic mass is 9.69. The Hall–Kier alpha value is -0.0400. The van der Waals surface area contributed by atoms with Crippen molar-refractivity contribution >= 4 is 0 Å². The monoisotopic (exact) mass is 291 g/mol. The molecule has 6 atom stereocenters. The highest BCUT2D eigenvalue weighted by Gasteiger charge is 2.41. The lowest BCUT2D eigenvalue weighted by Gasteiger charge is -2.38. The molecule has 0 radical (unpaired) electrons. The van der Waals surface area contributed by atoms with E-state index in [0.29, 0.717) is 0 Å². The Bertz CT molecular complexity index is 324. The van der Waals surface area contributed by atoms with Crippen molar-refractivity contribution < 1.29 is 0 Å². The van der Waals surface area contributed by atoms with Crippen LogP contribution in [0, 0.1) is 41.4 Å². The van der Waals surface area contributed by atoms with E-state index in [1.165, 1.54) is 32.4 Å².